The largest absolute Gasteiger partial charge is 0.458 e. The number of hydrogen-bond acceptors (Lipinski definition) is 9. The topological polar surface area (TPSA) is 125 Å². The van der Waals surface area contributed by atoms with Crippen molar-refractivity contribution in [2.24, 2.45) is 5.92 Å². The zero-order valence-corrected chi connectivity index (χ0v) is 23.5. The standard InChI is InChI=1S/C31H34O9S/c1-37-29-26(21-41(35,36)25-15-9-4-10-16-25)27(17-18-32)40-28(29)19-24(39-31(34)23-13-7-3-8-14-23)20-38-30(33)22-11-5-2-6-12-22/h2-16,24,26-29,32H,17-21H2,1H3/t24-,26-,27-,28+,29+/m0/s1. The lowest BCUT2D eigenvalue weighted by Gasteiger charge is -2.25. The van der Waals surface area contributed by atoms with Crippen LogP contribution in [0, 0.1) is 5.92 Å². The summed E-state index contributed by atoms with van der Waals surface area (Å²) in [6, 6.07) is 25.0. The molecular formula is C31H34O9S. The molecule has 0 bridgehead atoms. The quantitative estimate of drug-likeness (QED) is 0.300. The van der Waals surface area contributed by atoms with Crippen molar-refractivity contribution in [3.8, 4) is 0 Å². The minimum atomic E-state index is -3.69. The number of carbonyl (C=O) groups is 2. The maximum Gasteiger partial charge on any atom is 0.338 e. The third kappa shape index (κ3) is 8.01. The Hall–Kier alpha value is -3.57. The normalized spacial score (nSPS) is 21.2. The Labute approximate surface area is 239 Å². The van der Waals surface area contributed by atoms with Crippen LogP contribution in [0.5, 0.6) is 0 Å². The van der Waals surface area contributed by atoms with Crippen LogP contribution < -0.4 is 0 Å². The van der Waals surface area contributed by atoms with E-state index in [2.05, 4.69) is 0 Å². The zero-order valence-electron chi connectivity index (χ0n) is 22.7. The van der Waals surface area contributed by atoms with Crippen LogP contribution in [-0.2, 0) is 28.8 Å². The molecule has 0 spiro atoms. The summed E-state index contributed by atoms with van der Waals surface area (Å²) in [5, 5.41) is 9.69. The van der Waals surface area contributed by atoms with Crippen LogP contribution in [0.2, 0.25) is 0 Å². The molecule has 0 radical (unpaired) electrons. The number of aliphatic hydroxyl groups is 1. The highest BCUT2D eigenvalue weighted by Gasteiger charge is 2.47. The van der Waals surface area contributed by atoms with Crippen molar-refractivity contribution in [2.75, 3.05) is 26.1 Å². The summed E-state index contributed by atoms with van der Waals surface area (Å²) in [7, 11) is -2.23. The first-order valence-corrected chi connectivity index (χ1v) is 15.0. The molecule has 3 aromatic rings. The van der Waals surface area contributed by atoms with Crippen molar-refractivity contribution in [1.29, 1.82) is 0 Å². The predicted molar refractivity (Wildman–Crippen MR) is 150 cm³/mol. The van der Waals surface area contributed by atoms with Gasteiger partial charge in [0.1, 0.15) is 12.7 Å². The van der Waals surface area contributed by atoms with Crippen LogP contribution in [0.4, 0.5) is 0 Å². The molecule has 1 aliphatic rings. The molecular weight excluding hydrogens is 548 g/mol. The van der Waals surface area contributed by atoms with Crippen LogP contribution in [0.15, 0.2) is 95.9 Å². The fraction of sp³-hybridized carbons (Fsp3) is 0.355. The highest BCUT2D eigenvalue weighted by atomic mass is 32.2. The van der Waals surface area contributed by atoms with Crippen molar-refractivity contribution in [3.63, 3.8) is 0 Å². The molecule has 0 unspecified atom stereocenters. The first kappa shape index (κ1) is 30.4. The lowest BCUT2D eigenvalue weighted by atomic mass is 9.94. The Morgan fingerprint density at radius 3 is 1.98 bits per heavy atom. The molecule has 1 N–H and O–H groups in total. The van der Waals surface area contributed by atoms with Gasteiger partial charge in [-0.1, -0.05) is 54.6 Å². The SMILES string of the molecule is CO[C@@H]1[C@@H](CS(=O)(=O)c2ccccc2)[C@H](CCO)O[C@@H]1C[C@@H](COC(=O)c1ccccc1)OC(=O)c1ccccc1. The number of benzene rings is 3. The minimum absolute atomic E-state index is 0.0724. The second-order valence-corrected chi connectivity index (χ2v) is 11.8. The van der Waals surface area contributed by atoms with E-state index < -0.39 is 52.1 Å². The molecule has 5 atom stereocenters. The Balaban J connectivity index is 1.53. The Morgan fingerprint density at radius 1 is 0.854 bits per heavy atom. The van der Waals surface area contributed by atoms with Gasteiger partial charge in [0.2, 0.25) is 0 Å². The fourth-order valence-corrected chi connectivity index (χ4v) is 6.70. The van der Waals surface area contributed by atoms with Crippen molar-refractivity contribution >= 4 is 21.8 Å². The Morgan fingerprint density at radius 2 is 1.41 bits per heavy atom. The fourth-order valence-electron chi connectivity index (χ4n) is 5.02. The zero-order chi connectivity index (χ0) is 29.2. The minimum Gasteiger partial charge on any atom is -0.458 e. The van der Waals surface area contributed by atoms with E-state index in [-0.39, 0.29) is 36.7 Å². The van der Waals surface area contributed by atoms with Gasteiger partial charge in [0.25, 0.3) is 0 Å². The van der Waals surface area contributed by atoms with Gasteiger partial charge in [0, 0.05) is 26.1 Å². The average Bonchev–Trinajstić information content (AvgIpc) is 3.31. The number of hydrogen-bond donors (Lipinski definition) is 1. The van der Waals surface area contributed by atoms with Gasteiger partial charge in [-0.2, -0.15) is 0 Å². The summed E-state index contributed by atoms with van der Waals surface area (Å²) in [4.78, 5) is 25.7. The first-order chi connectivity index (χ1) is 19.8. The number of carbonyl (C=O) groups excluding carboxylic acids is 2. The number of sulfone groups is 1. The van der Waals surface area contributed by atoms with Crippen molar-refractivity contribution in [1.82, 2.24) is 0 Å². The summed E-state index contributed by atoms with van der Waals surface area (Å²) in [6.45, 7) is -0.461. The molecule has 0 aromatic heterocycles. The van der Waals surface area contributed by atoms with E-state index >= 15 is 0 Å². The highest BCUT2D eigenvalue weighted by Crippen LogP contribution is 2.36. The van der Waals surface area contributed by atoms with Gasteiger partial charge < -0.3 is 24.1 Å². The lowest BCUT2D eigenvalue weighted by molar-refractivity contribution is -0.0542. The number of methoxy groups -OCH3 is 1. The van der Waals surface area contributed by atoms with E-state index in [4.69, 9.17) is 18.9 Å². The van der Waals surface area contributed by atoms with Gasteiger partial charge in [-0.25, -0.2) is 18.0 Å². The van der Waals surface area contributed by atoms with Crippen molar-refractivity contribution in [2.45, 2.75) is 42.2 Å². The van der Waals surface area contributed by atoms with Gasteiger partial charge in [-0.3, -0.25) is 0 Å². The van der Waals surface area contributed by atoms with E-state index in [0.717, 1.165) is 0 Å². The Bertz CT molecular complexity index is 1360. The monoisotopic (exact) mass is 582 g/mol. The Kier molecular flexibility index (Phi) is 10.6. The van der Waals surface area contributed by atoms with E-state index in [1.54, 1.807) is 78.9 Å². The molecule has 1 heterocycles. The van der Waals surface area contributed by atoms with Gasteiger partial charge in [0.05, 0.1) is 40.1 Å². The molecule has 0 aliphatic carbocycles. The van der Waals surface area contributed by atoms with Crippen LogP contribution in [-0.4, -0.2) is 76.0 Å². The van der Waals surface area contributed by atoms with E-state index in [0.29, 0.717) is 11.1 Å². The van der Waals surface area contributed by atoms with Gasteiger partial charge in [0.15, 0.2) is 9.84 Å². The molecule has 0 saturated carbocycles. The van der Waals surface area contributed by atoms with Crippen LogP contribution in [0.1, 0.15) is 33.6 Å². The van der Waals surface area contributed by atoms with Crippen molar-refractivity contribution in [3.05, 3.63) is 102 Å². The second kappa shape index (κ2) is 14.4. The number of esters is 2. The van der Waals surface area contributed by atoms with E-state index in [1.807, 2.05) is 0 Å². The average molecular weight is 583 g/mol. The molecule has 9 nitrogen and oxygen atoms in total. The van der Waals surface area contributed by atoms with Crippen molar-refractivity contribution < 1.29 is 42.1 Å². The maximum absolute atomic E-state index is 13.2. The molecule has 3 aromatic carbocycles. The molecule has 41 heavy (non-hydrogen) atoms. The summed E-state index contributed by atoms with van der Waals surface area (Å²) in [5.41, 5.74) is 0.675. The van der Waals surface area contributed by atoms with E-state index in [9.17, 15) is 23.1 Å². The molecule has 4 rings (SSSR count). The number of rotatable bonds is 13. The van der Waals surface area contributed by atoms with Gasteiger partial charge in [-0.15, -0.1) is 0 Å². The summed E-state index contributed by atoms with van der Waals surface area (Å²) in [6.07, 6.45) is -2.65. The van der Waals surface area contributed by atoms with Gasteiger partial charge >= 0.3 is 11.9 Å². The number of ether oxygens (including phenoxy) is 4. The van der Waals surface area contributed by atoms with Crippen LogP contribution >= 0.6 is 0 Å². The summed E-state index contributed by atoms with van der Waals surface area (Å²) in [5.74, 6) is -2.03. The molecule has 1 aliphatic heterocycles. The van der Waals surface area contributed by atoms with Crippen LogP contribution in [0.25, 0.3) is 0 Å². The van der Waals surface area contributed by atoms with E-state index in [1.165, 1.54) is 19.2 Å². The highest BCUT2D eigenvalue weighted by molar-refractivity contribution is 7.91. The summed E-state index contributed by atoms with van der Waals surface area (Å²) >= 11 is 0. The van der Waals surface area contributed by atoms with Crippen LogP contribution in [0.3, 0.4) is 0 Å². The molecule has 1 saturated heterocycles. The lowest BCUT2D eigenvalue weighted by Crippen LogP contribution is -2.38. The predicted octanol–water partition coefficient (Wildman–Crippen LogP) is 3.71. The third-order valence-corrected chi connectivity index (χ3v) is 8.82. The maximum atomic E-state index is 13.2. The third-order valence-electron chi connectivity index (χ3n) is 7.00. The second-order valence-electron chi connectivity index (χ2n) is 9.78. The molecule has 0 amide bonds. The molecule has 218 valence electrons. The number of aliphatic hydroxyl groups excluding tert-OH is 1. The smallest absolute Gasteiger partial charge is 0.338 e. The molecule has 1 fully saturated rings. The first-order valence-electron chi connectivity index (χ1n) is 13.4. The summed E-state index contributed by atoms with van der Waals surface area (Å²) < 4.78 is 49.7. The van der Waals surface area contributed by atoms with Gasteiger partial charge in [-0.05, 0) is 42.8 Å². The molecule has 10 heteroatoms.